The number of rotatable bonds is 4. The van der Waals surface area contributed by atoms with Crippen molar-refractivity contribution < 1.29 is 4.39 Å². The average Bonchev–Trinajstić information content (AvgIpc) is 2.35. The standard InChI is InChI=1S/C14H21FN2S/c1-11-9-16-10-12(2)17(11)7-8-18-14-5-3-13(15)4-6-14/h3-6,11-12,16H,7-10H2,1-2H3. The first-order valence-corrected chi connectivity index (χ1v) is 7.50. The number of halogens is 1. The van der Waals surface area contributed by atoms with Gasteiger partial charge in [0.05, 0.1) is 0 Å². The molecule has 2 atom stereocenters. The number of nitrogens with one attached hydrogen (secondary N) is 1. The molecule has 1 aromatic carbocycles. The molecule has 0 amide bonds. The van der Waals surface area contributed by atoms with Gasteiger partial charge in [-0.25, -0.2) is 4.39 Å². The summed E-state index contributed by atoms with van der Waals surface area (Å²) in [5.74, 6) is 0.893. The van der Waals surface area contributed by atoms with Crippen LogP contribution in [0.1, 0.15) is 13.8 Å². The first-order valence-electron chi connectivity index (χ1n) is 6.51. The molecule has 0 aliphatic carbocycles. The van der Waals surface area contributed by atoms with Gasteiger partial charge in [-0.2, -0.15) is 0 Å². The van der Waals surface area contributed by atoms with Gasteiger partial charge in [-0.3, -0.25) is 4.90 Å². The topological polar surface area (TPSA) is 15.3 Å². The van der Waals surface area contributed by atoms with Gasteiger partial charge in [-0.1, -0.05) is 0 Å². The highest BCUT2D eigenvalue weighted by Gasteiger charge is 2.23. The molecule has 0 bridgehead atoms. The Morgan fingerprint density at radius 3 is 2.44 bits per heavy atom. The van der Waals surface area contributed by atoms with Gasteiger partial charge in [-0.15, -0.1) is 11.8 Å². The summed E-state index contributed by atoms with van der Waals surface area (Å²) in [6.45, 7) is 7.78. The fourth-order valence-electron chi connectivity index (χ4n) is 2.41. The molecule has 18 heavy (non-hydrogen) atoms. The van der Waals surface area contributed by atoms with E-state index in [1.165, 1.54) is 12.1 Å². The third-order valence-corrected chi connectivity index (χ3v) is 4.44. The second kappa shape index (κ2) is 6.55. The van der Waals surface area contributed by atoms with Crippen molar-refractivity contribution in [3.8, 4) is 0 Å². The molecule has 2 nitrogen and oxygen atoms in total. The van der Waals surface area contributed by atoms with Crippen LogP contribution in [0, 0.1) is 5.82 Å². The van der Waals surface area contributed by atoms with Crippen LogP contribution in [0.4, 0.5) is 4.39 Å². The van der Waals surface area contributed by atoms with Crippen molar-refractivity contribution in [3.05, 3.63) is 30.1 Å². The highest BCUT2D eigenvalue weighted by atomic mass is 32.2. The van der Waals surface area contributed by atoms with Gasteiger partial charge in [0.15, 0.2) is 0 Å². The minimum atomic E-state index is -0.163. The van der Waals surface area contributed by atoms with E-state index in [-0.39, 0.29) is 5.82 Å². The fourth-order valence-corrected chi connectivity index (χ4v) is 3.28. The SMILES string of the molecule is CC1CNCC(C)N1CCSc1ccc(F)cc1. The first kappa shape index (κ1) is 13.8. The minimum absolute atomic E-state index is 0.163. The molecule has 1 saturated heterocycles. The van der Waals surface area contributed by atoms with Crippen LogP contribution in [0.2, 0.25) is 0 Å². The number of hydrogen-bond acceptors (Lipinski definition) is 3. The minimum Gasteiger partial charge on any atom is -0.314 e. The summed E-state index contributed by atoms with van der Waals surface area (Å²) in [6, 6.07) is 7.96. The maximum atomic E-state index is 12.8. The third-order valence-electron chi connectivity index (χ3n) is 3.44. The first-order chi connectivity index (χ1) is 8.66. The van der Waals surface area contributed by atoms with Gasteiger partial charge in [-0.05, 0) is 38.1 Å². The molecule has 2 unspecified atom stereocenters. The monoisotopic (exact) mass is 268 g/mol. The molecule has 1 aliphatic rings. The summed E-state index contributed by atoms with van der Waals surface area (Å²) in [6.07, 6.45) is 0. The van der Waals surface area contributed by atoms with E-state index in [2.05, 4.69) is 24.1 Å². The molecule has 2 rings (SSSR count). The summed E-state index contributed by atoms with van der Waals surface area (Å²) in [5.41, 5.74) is 0. The number of thioether (sulfide) groups is 1. The number of benzene rings is 1. The molecule has 1 aliphatic heterocycles. The van der Waals surface area contributed by atoms with Gasteiger partial charge < -0.3 is 5.32 Å². The van der Waals surface area contributed by atoms with Crippen molar-refractivity contribution in [2.75, 3.05) is 25.4 Å². The average molecular weight is 268 g/mol. The van der Waals surface area contributed by atoms with Gasteiger partial charge in [0, 0.05) is 42.4 Å². The summed E-state index contributed by atoms with van der Waals surface area (Å²) in [7, 11) is 0. The Balaban J connectivity index is 1.79. The summed E-state index contributed by atoms with van der Waals surface area (Å²) in [4.78, 5) is 3.69. The van der Waals surface area contributed by atoms with Gasteiger partial charge in [0.25, 0.3) is 0 Å². The van der Waals surface area contributed by atoms with Crippen molar-refractivity contribution in [2.24, 2.45) is 0 Å². The molecule has 0 spiro atoms. The predicted molar refractivity (Wildman–Crippen MR) is 75.6 cm³/mol. The molecule has 1 fully saturated rings. The van der Waals surface area contributed by atoms with Crippen LogP contribution >= 0.6 is 11.8 Å². The second-order valence-electron chi connectivity index (χ2n) is 4.90. The van der Waals surface area contributed by atoms with E-state index in [0.717, 1.165) is 30.3 Å². The zero-order valence-electron chi connectivity index (χ0n) is 11.0. The van der Waals surface area contributed by atoms with Gasteiger partial charge in [0.1, 0.15) is 5.82 Å². The smallest absolute Gasteiger partial charge is 0.123 e. The molecule has 1 heterocycles. The van der Waals surface area contributed by atoms with Crippen LogP contribution in [0.5, 0.6) is 0 Å². The van der Waals surface area contributed by atoms with Crippen molar-refractivity contribution >= 4 is 11.8 Å². The normalized spacial score (nSPS) is 25.3. The maximum Gasteiger partial charge on any atom is 0.123 e. The molecule has 100 valence electrons. The third kappa shape index (κ3) is 3.70. The molecule has 1 N–H and O–H groups in total. The van der Waals surface area contributed by atoms with Crippen molar-refractivity contribution in [1.82, 2.24) is 10.2 Å². The Bertz CT molecular complexity index is 359. The summed E-state index contributed by atoms with van der Waals surface area (Å²) in [5, 5.41) is 3.44. The molecule has 0 radical (unpaired) electrons. The highest BCUT2D eigenvalue weighted by Crippen LogP contribution is 2.19. The van der Waals surface area contributed by atoms with E-state index in [4.69, 9.17) is 0 Å². The van der Waals surface area contributed by atoms with E-state index in [1.807, 2.05) is 12.1 Å². The summed E-state index contributed by atoms with van der Waals surface area (Å²) < 4.78 is 12.8. The van der Waals surface area contributed by atoms with Crippen LogP contribution < -0.4 is 5.32 Å². The molecular weight excluding hydrogens is 247 g/mol. The van der Waals surface area contributed by atoms with Gasteiger partial charge in [0.2, 0.25) is 0 Å². The van der Waals surface area contributed by atoms with Crippen molar-refractivity contribution in [2.45, 2.75) is 30.8 Å². The van der Waals surface area contributed by atoms with Gasteiger partial charge >= 0.3 is 0 Å². The zero-order valence-corrected chi connectivity index (χ0v) is 11.8. The lowest BCUT2D eigenvalue weighted by molar-refractivity contribution is 0.126. The van der Waals surface area contributed by atoms with Crippen LogP contribution in [0.15, 0.2) is 29.2 Å². The van der Waals surface area contributed by atoms with Crippen LogP contribution in [-0.4, -0.2) is 42.4 Å². The van der Waals surface area contributed by atoms with Crippen LogP contribution in [0.3, 0.4) is 0 Å². The van der Waals surface area contributed by atoms with Crippen LogP contribution in [-0.2, 0) is 0 Å². The summed E-state index contributed by atoms with van der Waals surface area (Å²) >= 11 is 1.80. The highest BCUT2D eigenvalue weighted by molar-refractivity contribution is 7.99. The Labute approximate surface area is 113 Å². The van der Waals surface area contributed by atoms with E-state index in [1.54, 1.807) is 11.8 Å². The molecule has 4 heteroatoms. The van der Waals surface area contributed by atoms with Crippen LogP contribution in [0.25, 0.3) is 0 Å². The molecule has 0 saturated carbocycles. The Hall–Kier alpha value is -0.580. The lowest BCUT2D eigenvalue weighted by atomic mass is 10.1. The Kier molecular flexibility index (Phi) is 5.03. The molecule has 1 aromatic rings. The van der Waals surface area contributed by atoms with Crippen molar-refractivity contribution in [1.29, 1.82) is 0 Å². The lowest BCUT2D eigenvalue weighted by Crippen LogP contribution is -2.55. The van der Waals surface area contributed by atoms with Crippen molar-refractivity contribution in [3.63, 3.8) is 0 Å². The number of hydrogen-bond donors (Lipinski definition) is 1. The fraction of sp³-hybridized carbons (Fsp3) is 0.571. The number of piperazine rings is 1. The lowest BCUT2D eigenvalue weighted by Gasteiger charge is -2.39. The second-order valence-corrected chi connectivity index (χ2v) is 6.06. The van der Waals surface area contributed by atoms with E-state index >= 15 is 0 Å². The maximum absolute atomic E-state index is 12.8. The van der Waals surface area contributed by atoms with E-state index in [0.29, 0.717) is 12.1 Å². The Morgan fingerprint density at radius 2 is 1.83 bits per heavy atom. The molecular formula is C14H21FN2S. The van der Waals surface area contributed by atoms with E-state index in [9.17, 15) is 4.39 Å². The quantitative estimate of drug-likeness (QED) is 0.845. The zero-order chi connectivity index (χ0) is 13.0. The van der Waals surface area contributed by atoms with E-state index < -0.39 is 0 Å². The molecule has 0 aromatic heterocycles. The predicted octanol–water partition coefficient (Wildman–Crippen LogP) is 2.60. The number of nitrogens with zero attached hydrogens (tertiary/aromatic N) is 1. The Morgan fingerprint density at radius 1 is 1.22 bits per heavy atom. The largest absolute Gasteiger partial charge is 0.314 e.